The first-order valence-corrected chi connectivity index (χ1v) is 6.74. The third kappa shape index (κ3) is 2.53. The number of carbonyl (C=O) groups excluding carboxylic acids is 1. The van der Waals surface area contributed by atoms with Gasteiger partial charge in [0.25, 0.3) is 0 Å². The lowest BCUT2D eigenvalue weighted by molar-refractivity contribution is -0.122. The second-order valence-corrected chi connectivity index (χ2v) is 5.32. The number of primary amides is 1. The minimum Gasteiger partial charge on any atom is -0.368 e. The molecule has 0 aromatic carbocycles. The number of aromatic nitrogens is 3. The van der Waals surface area contributed by atoms with Crippen LogP contribution >= 0.6 is 23.2 Å². The highest BCUT2D eigenvalue weighted by Crippen LogP contribution is 2.27. The van der Waals surface area contributed by atoms with Crippen LogP contribution in [0, 0.1) is 5.92 Å². The maximum Gasteiger partial charge on any atom is 0.240 e. The highest BCUT2D eigenvalue weighted by Gasteiger charge is 2.27. The topological polar surface area (TPSA) is 73.8 Å². The van der Waals surface area contributed by atoms with Crippen molar-refractivity contribution < 1.29 is 4.79 Å². The van der Waals surface area contributed by atoms with Gasteiger partial charge < -0.3 is 5.73 Å². The zero-order chi connectivity index (χ0) is 14.2. The highest BCUT2D eigenvalue weighted by atomic mass is 35.5. The third-order valence-electron chi connectivity index (χ3n) is 2.89. The fourth-order valence-electron chi connectivity index (χ4n) is 2.14. The van der Waals surface area contributed by atoms with Gasteiger partial charge in [0.1, 0.15) is 17.4 Å². The summed E-state index contributed by atoms with van der Waals surface area (Å²) in [4.78, 5) is 20.3. The van der Waals surface area contributed by atoms with Crippen LogP contribution in [0.3, 0.4) is 0 Å². The first-order chi connectivity index (χ1) is 8.95. The van der Waals surface area contributed by atoms with Crippen molar-refractivity contribution in [1.29, 1.82) is 0 Å². The number of alkyl halides is 1. The van der Waals surface area contributed by atoms with Crippen LogP contribution in [0.2, 0.25) is 5.02 Å². The Kier molecular flexibility index (Phi) is 3.96. The molecule has 19 heavy (non-hydrogen) atoms. The summed E-state index contributed by atoms with van der Waals surface area (Å²) in [6.07, 6.45) is 1.51. The monoisotopic (exact) mass is 300 g/mol. The van der Waals surface area contributed by atoms with E-state index >= 15 is 0 Å². The summed E-state index contributed by atoms with van der Waals surface area (Å²) in [6.45, 7) is 3.82. The molecular weight excluding hydrogens is 287 g/mol. The molecule has 0 bridgehead atoms. The molecular formula is C12H14Cl2N4O. The summed E-state index contributed by atoms with van der Waals surface area (Å²) >= 11 is 11.8. The lowest BCUT2D eigenvalue weighted by Gasteiger charge is -2.21. The van der Waals surface area contributed by atoms with Crippen molar-refractivity contribution in [2.75, 3.05) is 0 Å². The van der Waals surface area contributed by atoms with Crippen LogP contribution in [0.1, 0.15) is 25.7 Å². The molecule has 7 heteroatoms. The lowest BCUT2D eigenvalue weighted by Crippen LogP contribution is -2.31. The largest absolute Gasteiger partial charge is 0.368 e. The van der Waals surface area contributed by atoms with Crippen LogP contribution in [0.25, 0.3) is 11.2 Å². The van der Waals surface area contributed by atoms with Crippen LogP contribution in [0.5, 0.6) is 0 Å². The van der Waals surface area contributed by atoms with E-state index in [1.54, 1.807) is 10.6 Å². The van der Waals surface area contributed by atoms with E-state index in [4.69, 9.17) is 28.9 Å². The van der Waals surface area contributed by atoms with Gasteiger partial charge >= 0.3 is 0 Å². The molecule has 1 unspecified atom stereocenters. The van der Waals surface area contributed by atoms with Crippen LogP contribution in [-0.4, -0.2) is 20.4 Å². The zero-order valence-corrected chi connectivity index (χ0v) is 12.1. The second kappa shape index (κ2) is 5.35. The van der Waals surface area contributed by atoms with Gasteiger partial charge in [0, 0.05) is 6.20 Å². The fourth-order valence-corrected chi connectivity index (χ4v) is 2.49. The number of carbonyl (C=O) groups is 1. The Hall–Kier alpha value is -1.33. The average molecular weight is 301 g/mol. The molecule has 5 nitrogen and oxygen atoms in total. The Morgan fingerprint density at radius 2 is 2.21 bits per heavy atom. The van der Waals surface area contributed by atoms with Crippen molar-refractivity contribution in [2.45, 2.75) is 25.8 Å². The molecule has 2 N–H and O–H groups in total. The number of rotatable bonds is 4. The Bertz CT molecular complexity index is 623. The number of hydrogen-bond donors (Lipinski definition) is 1. The lowest BCUT2D eigenvalue weighted by atomic mass is 10.0. The molecule has 0 radical (unpaired) electrons. The summed E-state index contributed by atoms with van der Waals surface area (Å²) in [6, 6.07) is 1.15. The van der Waals surface area contributed by atoms with E-state index in [0.29, 0.717) is 22.0 Å². The van der Waals surface area contributed by atoms with Crippen molar-refractivity contribution in [1.82, 2.24) is 14.5 Å². The smallest absolute Gasteiger partial charge is 0.240 e. The molecule has 0 aliphatic carbocycles. The Labute approximate surface area is 120 Å². The normalized spacial score (nSPS) is 13.1. The Morgan fingerprint density at radius 3 is 2.74 bits per heavy atom. The molecule has 1 atom stereocenters. The van der Waals surface area contributed by atoms with Crippen molar-refractivity contribution in [3.05, 3.63) is 23.1 Å². The fraction of sp³-hybridized carbons (Fsp3) is 0.417. The Balaban J connectivity index is 2.72. The first kappa shape index (κ1) is 14.1. The zero-order valence-electron chi connectivity index (χ0n) is 10.6. The van der Waals surface area contributed by atoms with Gasteiger partial charge in [-0.25, -0.2) is 9.97 Å². The number of fused-ring (bicyclic) bond motifs is 1. The maximum absolute atomic E-state index is 11.7. The van der Waals surface area contributed by atoms with Crippen LogP contribution in [-0.2, 0) is 10.7 Å². The summed E-state index contributed by atoms with van der Waals surface area (Å²) in [5, 5.41) is 0.485. The molecule has 2 aromatic rings. The second-order valence-electron chi connectivity index (χ2n) is 4.62. The number of amides is 1. The van der Waals surface area contributed by atoms with Crippen molar-refractivity contribution in [3.63, 3.8) is 0 Å². The molecule has 0 saturated heterocycles. The van der Waals surface area contributed by atoms with Gasteiger partial charge in [0.05, 0.1) is 10.9 Å². The number of imidazole rings is 1. The molecule has 2 heterocycles. The van der Waals surface area contributed by atoms with Gasteiger partial charge in [-0.05, 0) is 12.0 Å². The van der Waals surface area contributed by atoms with Crippen LogP contribution in [0.15, 0.2) is 12.3 Å². The molecule has 0 spiro atoms. The number of nitrogens with zero attached hydrogens (tertiary/aromatic N) is 3. The number of nitrogens with two attached hydrogens (primary N) is 1. The van der Waals surface area contributed by atoms with Gasteiger partial charge in [-0.15, -0.1) is 11.6 Å². The first-order valence-electron chi connectivity index (χ1n) is 5.83. The number of hydrogen-bond acceptors (Lipinski definition) is 3. The van der Waals surface area contributed by atoms with E-state index < -0.39 is 11.9 Å². The van der Waals surface area contributed by atoms with Crippen LogP contribution < -0.4 is 5.73 Å². The highest BCUT2D eigenvalue weighted by molar-refractivity contribution is 6.31. The maximum atomic E-state index is 11.7. The number of pyridine rings is 1. The van der Waals surface area contributed by atoms with E-state index in [-0.39, 0.29) is 11.8 Å². The summed E-state index contributed by atoms with van der Waals surface area (Å²) < 4.78 is 1.70. The van der Waals surface area contributed by atoms with Gasteiger partial charge in [0.15, 0.2) is 5.65 Å². The molecule has 0 aliphatic rings. The molecule has 0 saturated carbocycles. The van der Waals surface area contributed by atoms with Gasteiger partial charge in [-0.2, -0.15) is 0 Å². The van der Waals surface area contributed by atoms with E-state index in [1.807, 2.05) is 13.8 Å². The molecule has 0 aliphatic heterocycles. The quantitative estimate of drug-likeness (QED) is 0.882. The standard InChI is InChI=1S/C12H14Cl2N4O/c1-6(2)10(11(15)19)18-9(4-13)17-8-3-7(14)5-16-12(8)18/h3,5-6,10H,4H2,1-2H3,(H2,15,19). The van der Waals surface area contributed by atoms with E-state index in [2.05, 4.69) is 9.97 Å². The van der Waals surface area contributed by atoms with Gasteiger partial charge in [0.2, 0.25) is 5.91 Å². The molecule has 1 amide bonds. The number of halogens is 2. The van der Waals surface area contributed by atoms with Crippen LogP contribution in [0.4, 0.5) is 0 Å². The SMILES string of the molecule is CC(C)C(C(N)=O)n1c(CCl)nc2cc(Cl)cnc21. The van der Waals surface area contributed by atoms with Gasteiger partial charge in [-0.3, -0.25) is 9.36 Å². The molecule has 2 aromatic heterocycles. The van der Waals surface area contributed by atoms with E-state index in [1.165, 1.54) is 6.20 Å². The summed E-state index contributed by atoms with van der Waals surface area (Å²) in [7, 11) is 0. The predicted molar refractivity (Wildman–Crippen MR) is 75.2 cm³/mol. The molecule has 0 fully saturated rings. The van der Waals surface area contributed by atoms with E-state index in [0.717, 1.165) is 0 Å². The van der Waals surface area contributed by atoms with Crippen molar-refractivity contribution >= 4 is 40.3 Å². The molecule has 102 valence electrons. The van der Waals surface area contributed by atoms with E-state index in [9.17, 15) is 4.79 Å². The summed E-state index contributed by atoms with van der Waals surface area (Å²) in [5.74, 6) is 0.306. The average Bonchev–Trinajstić information content (AvgIpc) is 2.66. The predicted octanol–water partition coefficient (Wildman–Crippen LogP) is 2.51. The molecule has 2 rings (SSSR count). The van der Waals surface area contributed by atoms with Gasteiger partial charge in [-0.1, -0.05) is 25.4 Å². The van der Waals surface area contributed by atoms with Crippen molar-refractivity contribution in [2.24, 2.45) is 11.7 Å². The van der Waals surface area contributed by atoms with Crippen molar-refractivity contribution in [3.8, 4) is 0 Å². The minimum atomic E-state index is -0.535. The third-order valence-corrected chi connectivity index (χ3v) is 3.34. The minimum absolute atomic E-state index is 0.00865. The Morgan fingerprint density at radius 1 is 1.53 bits per heavy atom. The summed E-state index contributed by atoms with van der Waals surface area (Å²) in [5.41, 5.74) is 6.66.